The van der Waals surface area contributed by atoms with Crippen LogP contribution in [-0.2, 0) is 43.4 Å². The monoisotopic (exact) mass is 1000 g/mol. The van der Waals surface area contributed by atoms with E-state index < -0.39 is 44.8 Å². The Bertz CT molecular complexity index is 2140. The molecule has 0 bridgehead atoms. The number of carbonyl (C=O) groups excluding carboxylic acids is 3. The molecule has 336 valence electrons. The molecule has 1 aliphatic rings. The van der Waals surface area contributed by atoms with Crippen LogP contribution in [0.4, 0.5) is 23.2 Å². The topological polar surface area (TPSA) is 116 Å². The quantitative estimate of drug-likeness (QED) is 0.0829. The van der Waals surface area contributed by atoms with Crippen LogP contribution in [-0.4, -0.2) is 81.3 Å². The number of para-hydroxylation sites is 1. The average Bonchev–Trinajstić information content (AvgIpc) is 3.89. The summed E-state index contributed by atoms with van der Waals surface area (Å²) in [6, 6.07) is 11.5. The van der Waals surface area contributed by atoms with Crippen LogP contribution in [0.3, 0.4) is 0 Å². The number of halogens is 9. The Kier molecular flexibility index (Phi) is 19.0. The largest absolute Gasteiger partial charge is 0.467 e. The summed E-state index contributed by atoms with van der Waals surface area (Å²) in [7, 11) is 2.72. The number of anilines is 1. The summed E-state index contributed by atoms with van der Waals surface area (Å²) >= 11 is 25.6. The molecule has 2 aromatic heterocycles. The average molecular weight is 1010 g/mol. The lowest BCUT2D eigenvalue weighted by molar-refractivity contribution is -0.145. The second-order valence-corrected chi connectivity index (χ2v) is 16.9. The van der Waals surface area contributed by atoms with E-state index in [1.54, 1.807) is 52.0 Å². The lowest BCUT2D eigenvalue weighted by Gasteiger charge is -2.31. The first-order chi connectivity index (χ1) is 28.4. The molecule has 20 heteroatoms. The van der Waals surface area contributed by atoms with Crippen LogP contribution in [0.5, 0.6) is 0 Å². The van der Waals surface area contributed by atoms with Crippen molar-refractivity contribution >= 4 is 85.8 Å². The fraction of sp³-hybridized carbons (Fsp3) is 0.463. The molecule has 0 N–H and O–H groups in total. The number of rotatable bonds is 11. The molecule has 1 aliphatic heterocycles. The number of methoxy groups -OCH3 is 1. The van der Waals surface area contributed by atoms with Crippen molar-refractivity contribution in [2.75, 3.05) is 31.0 Å². The number of amides is 2. The van der Waals surface area contributed by atoms with Gasteiger partial charge < -0.3 is 28.4 Å². The normalized spacial score (nSPS) is 15.2. The molecule has 2 unspecified atom stereocenters. The van der Waals surface area contributed by atoms with Gasteiger partial charge in [-0.3, -0.25) is 14.3 Å². The lowest BCUT2D eigenvalue weighted by Crippen LogP contribution is -2.45. The number of aryl methyl sites for hydroxylation is 3. The van der Waals surface area contributed by atoms with Gasteiger partial charge in [0.1, 0.15) is 35.0 Å². The maximum absolute atomic E-state index is 14.3. The molecule has 3 heterocycles. The minimum absolute atomic E-state index is 0.0223. The predicted octanol–water partition coefficient (Wildman–Crippen LogP) is 11.1. The van der Waals surface area contributed by atoms with Gasteiger partial charge in [0.15, 0.2) is 10.5 Å². The Labute approximate surface area is 380 Å². The summed E-state index contributed by atoms with van der Waals surface area (Å²) in [6.45, 7) is 13.8. The van der Waals surface area contributed by atoms with Crippen molar-refractivity contribution in [2.45, 2.75) is 89.9 Å². The van der Waals surface area contributed by atoms with E-state index in [1.165, 1.54) is 4.90 Å². The van der Waals surface area contributed by atoms with Gasteiger partial charge in [-0.05, 0) is 99.3 Å². The number of nitrogens with zero attached hydrogens (tertiary/aromatic N) is 4. The third kappa shape index (κ3) is 13.1. The number of hydrogen-bond donors (Lipinski definition) is 0. The van der Waals surface area contributed by atoms with Crippen LogP contribution in [0.15, 0.2) is 57.6 Å². The minimum Gasteiger partial charge on any atom is -0.467 e. The Morgan fingerprint density at radius 2 is 1.77 bits per heavy atom. The predicted molar refractivity (Wildman–Crippen MR) is 231 cm³/mol. The van der Waals surface area contributed by atoms with E-state index in [9.17, 15) is 31.9 Å². The summed E-state index contributed by atoms with van der Waals surface area (Å²) in [5.41, 5.74) is 0.611. The van der Waals surface area contributed by atoms with Gasteiger partial charge in [0.2, 0.25) is 5.91 Å². The summed E-state index contributed by atoms with van der Waals surface area (Å²) in [6.07, 6.45) is -2.97. The fourth-order valence-corrected chi connectivity index (χ4v) is 7.76. The highest BCUT2D eigenvalue weighted by Gasteiger charge is 2.45. The minimum atomic E-state index is -4.69. The van der Waals surface area contributed by atoms with Gasteiger partial charge in [-0.1, -0.05) is 59.9 Å². The first kappa shape index (κ1) is 52.0. The molecule has 1 fully saturated rings. The van der Waals surface area contributed by atoms with E-state index in [1.807, 2.05) is 32.0 Å². The number of benzene rings is 2. The van der Waals surface area contributed by atoms with Crippen LogP contribution < -0.4 is 4.90 Å². The Morgan fingerprint density at radius 1 is 1.11 bits per heavy atom. The van der Waals surface area contributed by atoms with Crippen LogP contribution in [0.25, 0.3) is 11.3 Å². The van der Waals surface area contributed by atoms with Crippen molar-refractivity contribution in [2.24, 2.45) is 7.05 Å². The fourth-order valence-electron chi connectivity index (χ4n) is 6.39. The van der Waals surface area contributed by atoms with Gasteiger partial charge in [-0.25, -0.2) is 9.18 Å². The van der Waals surface area contributed by atoms with Crippen LogP contribution in [0.2, 0.25) is 5.02 Å². The van der Waals surface area contributed by atoms with Gasteiger partial charge in [-0.15, -0.1) is 11.6 Å². The summed E-state index contributed by atoms with van der Waals surface area (Å²) in [4.78, 5) is 38.3. The van der Waals surface area contributed by atoms with Crippen molar-refractivity contribution in [3.05, 3.63) is 92.2 Å². The molecule has 0 aliphatic carbocycles. The zero-order valence-electron chi connectivity index (χ0n) is 34.8. The number of esters is 1. The molecule has 0 radical (unpaired) electrons. The molecule has 0 saturated carbocycles. The molecule has 1 saturated heterocycles. The number of carbonyl (C=O) groups is 3. The van der Waals surface area contributed by atoms with Crippen molar-refractivity contribution in [3.63, 3.8) is 0 Å². The summed E-state index contributed by atoms with van der Waals surface area (Å²) in [5.74, 6) is -1.51. The molecular weight excluding hydrogens is 958 g/mol. The van der Waals surface area contributed by atoms with Gasteiger partial charge in [0.05, 0.1) is 52.3 Å². The van der Waals surface area contributed by atoms with Crippen molar-refractivity contribution < 1.29 is 50.6 Å². The maximum Gasteiger partial charge on any atom is 0.434 e. The van der Waals surface area contributed by atoms with E-state index >= 15 is 0 Å². The summed E-state index contributed by atoms with van der Waals surface area (Å²) < 4.78 is 74.9. The zero-order valence-corrected chi connectivity index (χ0v) is 39.4. The van der Waals surface area contributed by atoms with Gasteiger partial charge >= 0.3 is 12.1 Å². The molecule has 2 aromatic carbocycles. The van der Waals surface area contributed by atoms with E-state index in [-0.39, 0.29) is 51.7 Å². The van der Waals surface area contributed by atoms with Crippen molar-refractivity contribution in [1.82, 2.24) is 14.7 Å². The Morgan fingerprint density at radius 3 is 2.28 bits per heavy atom. The number of ether oxygens (including phenoxy) is 3. The Balaban J connectivity index is 0.000000249. The SMILES string of the molecule is CC(C)OC(=O)c1cc(-c2nn(C)c(C(F)(F)F)c2Br)c(F)cc1Cl.CC1(C)OC(c2ccco2)CN1C(=O)C(Cl)Cl.CCc1cccc(C)c1N(C(=O)CCl)C(C)COC. The molecule has 2 atom stereocenters. The number of alkyl halides is 6. The smallest absolute Gasteiger partial charge is 0.434 e. The van der Waals surface area contributed by atoms with Crippen LogP contribution in [0, 0.1) is 12.7 Å². The van der Waals surface area contributed by atoms with Crippen LogP contribution >= 0.6 is 62.3 Å². The van der Waals surface area contributed by atoms with Gasteiger partial charge in [-0.2, -0.15) is 18.3 Å². The van der Waals surface area contributed by atoms with Crippen molar-refractivity contribution in [1.29, 1.82) is 0 Å². The molecule has 4 aromatic rings. The van der Waals surface area contributed by atoms with Gasteiger partial charge in [0, 0.05) is 19.7 Å². The maximum atomic E-state index is 14.3. The molecule has 2 amide bonds. The Hall–Kier alpha value is -3.38. The lowest BCUT2D eigenvalue weighted by atomic mass is 10.0. The highest BCUT2D eigenvalue weighted by atomic mass is 79.9. The molecule has 61 heavy (non-hydrogen) atoms. The third-order valence-corrected chi connectivity index (χ3v) is 10.7. The van der Waals surface area contributed by atoms with Crippen molar-refractivity contribution in [3.8, 4) is 11.3 Å². The van der Waals surface area contributed by atoms with E-state index in [2.05, 4.69) is 34.0 Å². The third-order valence-electron chi connectivity index (χ3n) is 9.05. The van der Waals surface area contributed by atoms with E-state index in [4.69, 9.17) is 65.0 Å². The highest BCUT2D eigenvalue weighted by Crippen LogP contribution is 2.41. The second-order valence-electron chi connectivity index (χ2n) is 14.4. The molecule has 11 nitrogen and oxygen atoms in total. The van der Waals surface area contributed by atoms with E-state index in [0.717, 1.165) is 42.4 Å². The molecule has 0 spiro atoms. The highest BCUT2D eigenvalue weighted by molar-refractivity contribution is 9.10. The number of aromatic nitrogens is 2. The second kappa shape index (κ2) is 22.3. The molecular formula is C41H47BrCl4F4N4O7. The zero-order chi connectivity index (χ0) is 46.1. The first-order valence-electron chi connectivity index (χ1n) is 18.7. The summed E-state index contributed by atoms with van der Waals surface area (Å²) in [5, 5.41) is 3.50. The van der Waals surface area contributed by atoms with Crippen LogP contribution in [0.1, 0.15) is 80.6 Å². The first-order valence-corrected chi connectivity index (χ1v) is 21.3. The molecule has 5 rings (SSSR count). The standard InChI is InChI=1S/C15H12BrClF4N2O2.C15H22ClNO2.C11H13Cl2NO3/c1-6(2)25-14(24)7-4-8(10(18)5-9(7)17)12-11(16)13(15(19,20)21)23(3)22-12;1-5-13-8-6-7-11(2)15(13)17(14(18)9-16)12(3)10-19-4;1-11(2)14(10(15)9(12)13)6-8(17-11)7-4-3-5-16-7/h4-6H,1-3H3;6-8,12H,5,9-10H2,1-4H3;3-5,8-9H,6H2,1-2H3. The van der Waals surface area contributed by atoms with E-state index in [0.29, 0.717) is 23.6 Å². The van der Waals surface area contributed by atoms with Gasteiger partial charge in [0.25, 0.3) is 5.91 Å². The number of furan rings is 1. The number of hydrogen-bond acceptors (Lipinski definition) is 8.